The summed E-state index contributed by atoms with van der Waals surface area (Å²) in [5, 5.41) is 0. The highest BCUT2D eigenvalue weighted by Gasteiger charge is 2.06. The van der Waals surface area contributed by atoms with Crippen molar-refractivity contribution in [2.24, 2.45) is 0 Å². The molecular formula is C8H10N5O2S-. The van der Waals surface area contributed by atoms with Gasteiger partial charge in [0.25, 0.3) is 0 Å². The van der Waals surface area contributed by atoms with Gasteiger partial charge in [-0.25, -0.2) is 15.0 Å². The molecule has 1 atom stereocenters. The predicted molar refractivity (Wildman–Crippen MR) is 58.1 cm³/mol. The van der Waals surface area contributed by atoms with E-state index in [4.69, 9.17) is 5.73 Å². The van der Waals surface area contributed by atoms with Crippen LogP contribution in [-0.4, -0.2) is 34.0 Å². The molecule has 2 N–H and O–H groups in total. The van der Waals surface area contributed by atoms with Gasteiger partial charge >= 0.3 is 0 Å². The van der Waals surface area contributed by atoms with Gasteiger partial charge in [0.05, 0.1) is 6.33 Å². The molecule has 2 aromatic heterocycles. The lowest BCUT2D eigenvalue weighted by molar-refractivity contribution is 0.531. The molecule has 2 rings (SSSR count). The number of hydrogen-bond donors (Lipinski definition) is 1. The third-order valence-electron chi connectivity index (χ3n) is 2.14. The summed E-state index contributed by atoms with van der Waals surface area (Å²) in [4.78, 5) is 12.0. The molecule has 0 saturated heterocycles. The van der Waals surface area contributed by atoms with Crippen LogP contribution in [0.2, 0.25) is 0 Å². The van der Waals surface area contributed by atoms with Crippen LogP contribution in [0.15, 0.2) is 12.7 Å². The molecule has 0 saturated carbocycles. The fourth-order valence-electron chi connectivity index (χ4n) is 1.42. The Morgan fingerprint density at radius 3 is 3.00 bits per heavy atom. The molecule has 16 heavy (non-hydrogen) atoms. The average molecular weight is 240 g/mol. The van der Waals surface area contributed by atoms with Crippen molar-refractivity contribution in [2.75, 3.05) is 11.5 Å². The van der Waals surface area contributed by atoms with Gasteiger partial charge in [0.2, 0.25) is 0 Å². The van der Waals surface area contributed by atoms with E-state index in [-0.39, 0.29) is 5.75 Å². The minimum atomic E-state index is -2.01. The van der Waals surface area contributed by atoms with E-state index in [1.807, 2.05) is 0 Å². The van der Waals surface area contributed by atoms with Gasteiger partial charge < -0.3 is 14.9 Å². The van der Waals surface area contributed by atoms with Crippen molar-refractivity contribution in [1.82, 2.24) is 19.5 Å². The fourth-order valence-corrected chi connectivity index (χ4v) is 1.78. The van der Waals surface area contributed by atoms with Crippen molar-refractivity contribution in [3.63, 3.8) is 0 Å². The molecule has 0 fully saturated rings. The lowest BCUT2D eigenvalue weighted by Crippen LogP contribution is -2.03. The van der Waals surface area contributed by atoms with Crippen molar-refractivity contribution >= 4 is 28.1 Å². The van der Waals surface area contributed by atoms with Gasteiger partial charge in [-0.05, 0) is 6.42 Å². The Hall–Kier alpha value is -1.54. The highest BCUT2D eigenvalue weighted by Crippen LogP contribution is 2.14. The van der Waals surface area contributed by atoms with Crippen molar-refractivity contribution in [1.29, 1.82) is 0 Å². The number of nitrogen functional groups attached to an aromatic ring is 1. The average Bonchev–Trinajstić information content (AvgIpc) is 2.63. The fraction of sp³-hybridized carbons (Fsp3) is 0.375. The van der Waals surface area contributed by atoms with Crippen LogP contribution in [0.3, 0.4) is 0 Å². The van der Waals surface area contributed by atoms with Gasteiger partial charge in [-0.2, -0.15) is 0 Å². The Kier molecular flexibility index (Phi) is 3.11. The first kappa shape index (κ1) is 11.0. The Morgan fingerprint density at radius 2 is 2.25 bits per heavy atom. The summed E-state index contributed by atoms with van der Waals surface area (Å²) < 4.78 is 22.5. The second-order valence-electron chi connectivity index (χ2n) is 3.23. The lowest BCUT2D eigenvalue weighted by atomic mass is 10.4. The van der Waals surface area contributed by atoms with Gasteiger partial charge in [-0.1, -0.05) is 11.1 Å². The Bertz CT molecular complexity index is 526. The number of aromatic nitrogens is 4. The second kappa shape index (κ2) is 4.54. The van der Waals surface area contributed by atoms with Gasteiger partial charge in [-0.3, -0.25) is 4.21 Å². The largest absolute Gasteiger partial charge is 0.772 e. The smallest absolute Gasteiger partial charge is 0.165 e. The maximum atomic E-state index is 10.4. The van der Waals surface area contributed by atoms with Gasteiger partial charge in [-0.15, -0.1) is 0 Å². The van der Waals surface area contributed by atoms with Gasteiger partial charge in [0.1, 0.15) is 11.8 Å². The Balaban J connectivity index is 2.19. The van der Waals surface area contributed by atoms with E-state index < -0.39 is 11.1 Å². The molecule has 86 valence electrons. The molecule has 0 spiro atoms. The minimum absolute atomic E-state index is 0.125. The van der Waals surface area contributed by atoms with Crippen molar-refractivity contribution in [2.45, 2.75) is 13.0 Å². The summed E-state index contributed by atoms with van der Waals surface area (Å²) in [5.74, 6) is 0.455. The van der Waals surface area contributed by atoms with E-state index in [1.165, 1.54) is 6.33 Å². The first-order chi connectivity index (χ1) is 7.68. The van der Waals surface area contributed by atoms with Crippen LogP contribution in [0.5, 0.6) is 0 Å². The topological polar surface area (TPSA) is 110 Å². The van der Waals surface area contributed by atoms with Crippen LogP contribution in [0.1, 0.15) is 6.42 Å². The van der Waals surface area contributed by atoms with Crippen molar-refractivity contribution in [3.8, 4) is 0 Å². The summed E-state index contributed by atoms with van der Waals surface area (Å²) in [5.41, 5.74) is 6.80. The van der Waals surface area contributed by atoms with Crippen LogP contribution in [0, 0.1) is 0 Å². The number of nitrogens with zero attached hydrogens (tertiary/aromatic N) is 4. The Morgan fingerprint density at radius 1 is 1.44 bits per heavy atom. The molecular weight excluding hydrogens is 230 g/mol. The molecule has 7 nitrogen and oxygen atoms in total. The van der Waals surface area contributed by atoms with E-state index in [1.54, 1.807) is 10.9 Å². The molecule has 0 aliphatic rings. The van der Waals surface area contributed by atoms with E-state index in [0.29, 0.717) is 29.9 Å². The molecule has 0 radical (unpaired) electrons. The summed E-state index contributed by atoms with van der Waals surface area (Å²) >= 11 is -2.01. The molecule has 0 bridgehead atoms. The van der Waals surface area contributed by atoms with Crippen LogP contribution in [0.4, 0.5) is 5.82 Å². The predicted octanol–water partition coefficient (Wildman–Crippen LogP) is -0.322. The summed E-state index contributed by atoms with van der Waals surface area (Å²) in [6.45, 7) is 0.543. The number of rotatable bonds is 4. The summed E-state index contributed by atoms with van der Waals surface area (Å²) in [7, 11) is 0. The SMILES string of the molecule is Nc1ncnc2c1ncn2CCCS(=O)[O-]. The number of nitrogens with two attached hydrogens (primary N) is 1. The van der Waals surface area contributed by atoms with Gasteiger partial charge in [0.15, 0.2) is 11.5 Å². The summed E-state index contributed by atoms with van der Waals surface area (Å²) in [6.07, 6.45) is 3.47. The maximum Gasteiger partial charge on any atom is 0.165 e. The van der Waals surface area contributed by atoms with Crippen LogP contribution in [-0.2, 0) is 17.6 Å². The molecule has 0 aliphatic heterocycles. The zero-order valence-corrected chi connectivity index (χ0v) is 9.18. The number of hydrogen-bond acceptors (Lipinski definition) is 6. The standard InChI is InChI=1S/C8H11N5O2S/c9-7-6-8(11-4-10-7)13(5-12-6)2-1-3-16(14)15/h4-5H,1-3H2,(H,14,15)(H2,9,10,11)/p-1. The number of aryl methyl sites for hydroxylation is 1. The lowest BCUT2D eigenvalue weighted by Gasteiger charge is -2.05. The first-order valence-electron chi connectivity index (χ1n) is 4.65. The summed E-state index contributed by atoms with van der Waals surface area (Å²) in [6, 6.07) is 0. The highest BCUT2D eigenvalue weighted by molar-refractivity contribution is 7.79. The maximum absolute atomic E-state index is 10.4. The third-order valence-corrected chi connectivity index (χ3v) is 2.76. The quantitative estimate of drug-likeness (QED) is 0.733. The van der Waals surface area contributed by atoms with Crippen molar-refractivity contribution < 1.29 is 8.76 Å². The monoisotopic (exact) mass is 240 g/mol. The molecule has 0 aliphatic carbocycles. The normalized spacial score (nSPS) is 13.1. The number of fused-ring (bicyclic) bond motifs is 1. The second-order valence-corrected chi connectivity index (χ2v) is 4.25. The molecule has 2 aromatic rings. The van der Waals surface area contributed by atoms with Crippen LogP contribution < -0.4 is 5.73 Å². The third kappa shape index (κ3) is 2.17. The van der Waals surface area contributed by atoms with E-state index in [2.05, 4.69) is 15.0 Å². The number of imidazole rings is 1. The molecule has 8 heteroatoms. The zero-order chi connectivity index (χ0) is 11.5. The van der Waals surface area contributed by atoms with E-state index in [0.717, 1.165) is 0 Å². The minimum Gasteiger partial charge on any atom is -0.772 e. The molecule has 2 heterocycles. The van der Waals surface area contributed by atoms with Crippen molar-refractivity contribution in [3.05, 3.63) is 12.7 Å². The highest BCUT2D eigenvalue weighted by atomic mass is 32.2. The molecule has 1 unspecified atom stereocenters. The van der Waals surface area contributed by atoms with Gasteiger partial charge in [0, 0.05) is 12.3 Å². The van der Waals surface area contributed by atoms with E-state index >= 15 is 0 Å². The number of anilines is 1. The molecule has 0 aromatic carbocycles. The zero-order valence-electron chi connectivity index (χ0n) is 8.37. The Labute approximate surface area is 94.0 Å². The molecule has 0 amide bonds. The van der Waals surface area contributed by atoms with E-state index in [9.17, 15) is 8.76 Å². The first-order valence-corrected chi connectivity index (χ1v) is 5.90. The van der Waals surface area contributed by atoms with Crippen LogP contribution >= 0.6 is 0 Å². The van der Waals surface area contributed by atoms with Crippen LogP contribution in [0.25, 0.3) is 11.2 Å².